The standard InChI is InChI=1S/C28H28N2O5S/c1-6-14-35-21-12-10-20(11-13-21)25-24(27(32)34-7-2)18(4)29-28-30(25)26(31)23(36-28)16-19-9-8-17(3)22(15-19)33-5/h6,8-13,15-16,25H,1,7,14H2,2-5H3/b23-16-. The van der Waals surface area contributed by atoms with E-state index in [0.717, 1.165) is 22.4 Å². The molecule has 0 N–H and O–H groups in total. The van der Waals surface area contributed by atoms with Crippen LogP contribution in [0.25, 0.3) is 6.08 Å². The predicted octanol–water partition coefficient (Wildman–Crippen LogP) is 3.68. The molecular formula is C28H28N2O5S. The first-order valence-electron chi connectivity index (χ1n) is 11.6. The number of methoxy groups -OCH3 is 1. The number of hydrogen-bond acceptors (Lipinski definition) is 7. The van der Waals surface area contributed by atoms with Crippen LogP contribution in [0, 0.1) is 6.92 Å². The minimum atomic E-state index is -0.677. The summed E-state index contributed by atoms with van der Waals surface area (Å²) in [6.45, 7) is 9.74. The minimum absolute atomic E-state index is 0.219. The summed E-state index contributed by atoms with van der Waals surface area (Å²) in [4.78, 5) is 31.9. The van der Waals surface area contributed by atoms with Gasteiger partial charge in [-0.3, -0.25) is 9.36 Å². The molecule has 7 nitrogen and oxygen atoms in total. The van der Waals surface area contributed by atoms with E-state index < -0.39 is 12.0 Å². The Morgan fingerprint density at radius 3 is 2.61 bits per heavy atom. The molecule has 0 amide bonds. The number of esters is 1. The van der Waals surface area contributed by atoms with E-state index in [1.807, 2.05) is 55.5 Å². The Bertz CT molecular complexity index is 1510. The van der Waals surface area contributed by atoms with Gasteiger partial charge in [0.25, 0.3) is 5.56 Å². The van der Waals surface area contributed by atoms with Crippen LogP contribution in [0.15, 0.2) is 76.2 Å². The maximum Gasteiger partial charge on any atom is 0.338 e. The van der Waals surface area contributed by atoms with E-state index in [1.165, 1.54) is 11.3 Å². The molecule has 186 valence electrons. The fourth-order valence-electron chi connectivity index (χ4n) is 4.09. The maximum absolute atomic E-state index is 13.7. The molecule has 1 atom stereocenters. The molecule has 4 rings (SSSR count). The van der Waals surface area contributed by atoms with Crippen molar-refractivity contribution in [1.82, 2.24) is 4.57 Å². The second-order valence-corrected chi connectivity index (χ2v) is 9.21. The van der Waals surface area contributed by atoms with Gasteiger partial charge in [-0.1, -0.05) is 48.3 Å². The van der Waals surface area contributed by atoms with Crippen LogP contribution in [-0.4, -0.2) is 30.9 Å². The van der Waals surface area contributed by atoms with Crippen LogP contribution in [0.1, 0.15) is 36.6 Å². The molecule has 2 aromatic carbocycles. The molecule has 1 aromatic heterocycles. The molecule has 8 heteroatoms. The smallest absolute Gasteiger partial charge is 0.338 e. The third kappa shape index (κ3) is 4.90. The van der Waals surface area contributed by atoms with E-state index in [-0.39, 0.29) is 12.2 Å². The van der Waals surface area contributed by atoms with Gasteiger partial charge < -0.3 is 14.2 Å². The first-order valence-corrected chi connectivity index (χ1v) is 12.4. The number of aryl methyl sites for hydroxylation is 1. The van der Waals surface area contributed by atoms with Crippen LogP contribution < -0.4 is 24.4 Å². The molecule has 0 bridgehead atoms. The van der Waals surface area contributed by atoms with E-state index in [9.17, 15) is 9.59 Å². The molecule has 1 unspecified atom stereocenters. The number of carbonyl (C=O) groups is 1. The average Bonchev–Trinajstić information content (AvgIpc) is 3.17. The lowest BCUT2D eigenvalue weighted by Crippen LogP contribution is -2.39. The van der Waals surface area contributed by atoms with Gasteiger partial charge in [-0.2, -0.15) is 0 Å². The molecular weight excluding hydrogens is 476 g/mol. The number of rotatable bonds is 8. The van der Waals surface area contributed by atoms with Gasteiger partial charge in [0, 0.05) is 0 Å². The Morgan fingerprint density at radius 1 is 1.19 bits per heavy atom. The summed E-state index contributed by atoms with van der Waals surface area (Å²) in [6.07, 6.45) is 3.48. The molecule has 0 aliphatic carbocycles. The van der Waals surface area contributed by atoms with Crippen LogP contribution >= 0.6 is 11.3 Å². The van der Waals surface area contributed by atoms with Crippen molar-refractivity contribution < 1.29 is 19.0 Å². The number of nitrogens with zero attached hydrogens (tertiary/aromatic N) is 2. The first-order chi connectivity index (χ1) is 17.4. The van der Waals surface area contributed by atoms with Crippen molar-refractivity contribution in [3.05, 3.63) is 103 Å². The van der Waals surface area contributed by atoms with Crippen molar-refractivity contribution in [3.8, 4) is 11.5 Å². The van der Waals surface area contributed by atoms with Gasteiger partial charge in [0.2, 0.25) is 0 Å². The zero-order chi connectivity index (χ0) is 25.8. The van der Waals surface area contributed by atoms with Gasteiger partial charge in [0.15, 0.2) is 4.80 Å². The average molecular weight is 505 g/mol. The fraction of sp³-hybridized carbons (Fsp3) is 0.250. The van der Waals surface area contributed by atoms with Crippen LogP contribution in [0.3, 0.4) is 0 Å². The quantitative estimate of drug-likeness (QED) is 0.345. The molecule has 0 radical (unpaired) electrons. The lowest BCUT2D eigenvalue weighted by atomic mass is 9.96. The summed E-state index contributed by atoms with van der Waals surface area (Å²) in [5.41, 5.74) is 3.23. The van der Waals surface area contributed by atoms with Crippen molar-refractivity contribution in [3.63, 3.8) is 0 Å². The normalized spacial score (nSPS) is 15.2. The molecule has 0 spiro atoms. The molecule has 36 heavy (non-hydrogen) atoms. The Kier molecular flexibility index (Phi) is 7.55. The number of carbonyl (C=O) groups excluding carboxylic acids is 1. The minimum Gasteiger partial charge on any atom is -0.496 e. The highest BCUT2D eigenvalue weighted by atomic mass is 32.1. The van der Waals surface area contributed by atoms with Crippen molar-refractivity contribution in [2.75, 3.05) is 20.3 Å². The predicted molar refractivity (Wildman–Crippen MR) is 140 cm³/mol. The summed E-state index contributed by atoms with van der Waals surface area (Å²) >= 11 is 1.28. The summed E-state index contributed by atoms with van der Waals surface area (Å²) in [5, 5.41) is 0. The van der Waals surface area contributed by atoms with Crippen LogP contribution in [0.4, 0.5) is 0 Å². The largest absolute Gasteiger partial charge is 0.496 e. The number of aromatic nitrogens is 1. The van der Waals surface area contributed by atoms with Crippen LogP contribution in [-0.2, 0) is 9.53 Å². The topological polar surface area (TPSA) is 79.1 Å². The lowest BCUT2D eigenvalue weighted by Gasteiger charge is -2.24. The molecule has 0 saturated carbocycles. The zero-order valence-corrected chi connectivity index (χ0v) is 21.6. The van der Waals surface area contributed by atoms with E-state index in [2.05, 4.69) is 11.6 Å². The number of thiazole rings is 1. The van der Waals surface area contributed by atoms with Crippen molar-refractivity contribution in [1.29, 1.82) is 0 Å². The fourth-order valence-corrected chi connectivity index (χ4v) is 5.13. The molecule has 1 aliphatic heterocycles. The molecule has 2 heterocycles. The van der Waals surface area contributed by atoms with Crippen LogP contribution in [0.5, 0.6) is 11.5 Å². The lowest BCUT2D eigenvalue weighted by molar-refractivity contribution is -0.139. The van der Waals surface area contributed by atoms with Crippen LogP contribution in [0.2, 0.25) is 0 Å². The molecule has 0 saturated heterocycles. The SMILES string of the molecule is C=CCOc1ccc(C2C(C(=O)OCC)=C(C)N=c3s/c(=C\c4ccc(C)c(OC)c4)c(=O)n32)cc1. The van der Waals surface area contributed by atoms with Gasteiger partial charge in [0.1, 0.15) is 18.1 Å². The molecule has 0 fully saturated rings. The number of allylic oxidation sites excluding steroid dienone is 1. The number of fused-ring (bicyclic) bond motifs is 1. The van der Waals surface area contributed by atoms with E-state index in [0.29, 0.717) is 33.0 Å². The van der Waals surface area contributed by atoms with E-state index >= 15 is 0 Å². The zero-order valence-electron chi connectivity index (χ0n) is 20.7. The number of benzene rings is 2. The Morgan fingerprint density at radius 2 is 1.94 bits per heavy atom. The summed E-state index contributed by atoms with van der Waals surface area (Å²) in [6, 6.07) is 12.4. The number of hydrogen-bond donors (Lipinski definition) is 0. The van der Waals surface area contributed by atoms with E-state index in [1.54, 1.807) is 31.6 Å². The highest BCUT2D eigenvalue weighted by Crippen LogP contribution is 2.31. The highest BCUT2D eigenvalue weighted by molar-refractivity contribution is 7.07. The van der Waals surface area contributed by atoms with Gasteiger partial charge in [0.05, 0.1) is 35.6 Å². The monoisotopic (exact) mass is 504 g/mol. The second kappa shape index (κ2) is 10.8. The maximum atomic E-state index is 13.7. The highest BCUT2D eigenvalue weighted by Gasteiger charge is 2.33. The second-order valence-electron chi connectivity index (χ2n) is 8.20. The van der Waals surface area contributed by atoms with Gasteiger partial charge >= 0.3 is 5.97 Å². The third-order valence-electron chi connectivity index (χ3n) is 5.81. The Balaban J connectivity index is 1.88. The summed E-state index contributed by atoms with van der Waals surface area (Å²) in [7, 11) is 1.62. The molecule has 1 aliphatic rings. The first kappa shape index (κ1) is 25.2. The summed E-state index contributed by atoms with van der Waals surface area (Å²) in [5.74, 6) is 0.916. The van der Waals surface area contributed by atoms with Gasteiger partial charge in [-0.05, 0) is 61.7 Å². The van der Waals surface area contributed by atoms with Crippen molar-refractivity contribution in [2.45, 2.75) is 26.8 Å². The Labute approximate surface area is 213 Å². The molecule has 3 aromatic rings. The van der Waals surface area contributed by atoms with Crippen molar-refractivity contribution >= 4 is 23.4 Å². The third-order valence-corrected chi connectivity index (χ3v) is 6.79. The van der Waals surface area contributed by atoms with Gasteiger partial charge in [-0.25, -0.2) is 9.79 Å². The summed E-state index contributed by atoms with van der Waals surface area (Å²) < 4.78 is 18.5. The van der Waals surface area contributed by atoms with Crippen molar-refractivity contribution in [2.24, 2.45) is 4.99 Å². The Hall–Kier alpha value is -3.91. The van der Waals surface area contributed by atoms with E-state index in [4.69, 9.17) is 14.2 Å². The van der Waals surface area contributed by atoms with Gasteiger partial charge in [-0.15, -0.1) is 0 Å². The number of ether oxygens (including phenoxy) is 3.